The smallest absolute Gasteiger partial charge is 0.313 e. The molecule has 1 aliphatic carbocycles. The lowest BCUT2D eigenvalue weighted by Crippen LogP contribution is -2.50. The Morgan fingerprint density at radius 2 is 1.88 bits per heavy atom. The number of ether oxygens (including phenoxy) is 3. The molecule has 1 heterocycles. The second-order valence-electron chi connectivity index (χ2n) is 7.19. The van der Waals surface area contributed by atoms with Gasteiger partial charge >= 0.3 is 5.97 Å². The summed E-state index contributed by atoms with van der Waals surface area (Å²) in [6.07, 6.45) is 1.15. The third kappa shape index (κ3) is 1.88. The second-order valence-corrected chi connectivity index (χ2v) is 7.19. The van der Waals surface area contributed by atoms with Crippen LogP contribution < -0.4 is 14.8 Å². The zero-order valence-corrected chi connectivity index (χ0v) is 14.7. The molecule has 2 bridgehead atoms. The maximum absolute atomic E-state index is 13.1. The number of carbonyl (C=O) groups excluding carboxylic acids is 2. The Labute approximate surface area is 141 Å². The van der Waals surface area contributed by atoms with E-state index < -0.39 is 16.4 Å². The lowest BCUT2D eigenvalue weighted by molar-refractivity contribution is -0.165. The summed E-state index contributed by atoms with van der Waals surface area (Å²) in [4.78, 5) is 25.4. The van der Waals surface area contributed by atoms with Gasteiger partial charge in [-0.25, -0.2) is 0 Å². The molecule has 0 aromatic heterocycles. The van der Waals surface area contributed by atoms with Crippen LogP contribution in [0.1, 0.15) is 33.6 Å². The molecule has 2 fully saturated rings. The van der Waals surface area contributed by atoms with Gasteiger partial charge in [0.1, 0.15) is 11.5 Å². The Morgan fingerprint density at radius 1 is 1.17 bits per heavy atom. The van der Waals surface area contributed by atoms with Gasteiger partial charge in [-0.15, -0.1) is 0 Å². The van der Waals surface area contributed by atoms with Gasteiger partial charge in [-0.05, 0) is 31.9 Å². The summed E-state index contributed by atoms with van der Waals surface area (Å²) in [5.41, 5.74) is -1.90. The van der Waals surface area contributed by atoms with Gasteiger partial charge < -0.3 is 19.5 Å². The summed E-state index contributed by atoms with van der Waals surface area (Å²) in [7, 11) is 3.08. The molecule has 2 aliphatic rings. The van der Waals surface area contributed by atoms with Crippen molar-refractivity contribution >= 4 is 17.6 Å². The van der Waals surface area contributed by atoms with Gasteiger partial charge in [0.05, 0.1) is 25.3 Å². The molecule has 1 saturated heterocycles. The van der Waals surface area contributed by atoms with Crippen molar-refractivity contribution in [3.63, 3.8) is 0 Å². The first-order valence-electron chi connectivity index (χ1n) is 7.99. The minimum atomic E-state index is -1.16. The molecule has 1 aromatic rings. The van der Waals surface area contributed by atoms with Crippen LogP contribution in [0.2, 0.25) is 0 Å². The molecule has 6 nitrogen and oxygen atoms in total. The van der Waals surface area contributed by atoms with Crippen LogP contribution in [0.15, 0.2) is 18.2 Å². The van der Waals surface area contributed by atoms with E-state index in [9.17, 15) is 9.59 Å². The molecule has 2 atom stereocenters. The standard InChI is InChI=1S/C18H23NO5/c1-16(2)17(3)8-9-18(16,24-15(17)21)14(20)19-12-10-11(22-4)6-7-13(12)23-5/h6-7,10H,8-9H2,1-5H3,(H,19,20)/t17-,18+/m0/s1. The molecule has 0 radical (unpaired) electrons. The summed E-state index contributed by atoms with van der Waals surface area (Å²) in [5, 5.41) is 2.87. The molecular weight excluding hydrogens is 310 g/mol. The number of amides is 1. The second kappa shape index (κ2) is 5.13. The van der Waals surface area contributed by atoms with Crippen molar-refractivity contribution in [3.8, 4) is 11.5 Å². The number of esters is 1. The fraction of sp³-hybridized carbons (Fsp3) is 0.556. The van der Waals surface area contributed by atoms with E-state index in [0.717, 1.165) is 0 Å². The molecule has 1 aliphatic heterocycles. The first-order chi connectivity index (χ1) is 11.2. The molecule has 6 heteroatoms. The van der Waals surface area contributed by atoms with Crippen LogP contribution in [0, 0.1) is 10.8 Å². The van der Waals surface area contributed by atoms with Crippen molar-refractivity contribution in [2.75, 3.05) is 19.5 Å². The number of methoxy groups -OCH3 is 2. The van der Waals surface area contributed by atoms with E-state index in [1.54, 1.807) is 25.3 Å². The van der Waals surface area contributed by atoms with E-state index in [4.69, 9.17) is 14.2 Å². The van der Waals surface area contributed by atoms with Crippen LogP contribution in [0.25, 0.3) is 0 Å². The third-order valence-electron chi connectivity index (χ3n) is 6.11. The van der Waals surface area contributed by atoms with Crippen LogP contribution in [0.3, 0.4) is 0 Å². The number of anilines is 1. The molecule has 1 N–H and O–H groups in total. The van der Waals surface area contributed by atoms with Crippen LogP contribution >= 0.6 is 0 Å². The number of rotatable bonds is 4. The summed E-state index contributed by atoms with van der Waals surface area (Å²) < 4.78 is 16.1. The number of hydrogen-bond donors (Lipinski definition) is 1. The van der Waals surface area contributed by atoms with E-state index in [1.807, 2.05) is 20.8 Å². The van der Waals surface area contributed by atoms with Crippen LogP contribution in [0.5, 0.6) is 11.5 Å². The molecule has 1 saturated carbocycles. The zero-order chi connectivity index (χ0) is 17.8. The van der Waals surface area contributed by atoms with Crippen molar-refractivity contribution in [2.24, 2.45) is 10.8 Å². The lowest BCUT2D eigenvalue weighted by Gasteiger charge is -2.35. The maximum atomic E-state index is 13.1. The average Bonchev–Trinajstić information content (AvgIpc) is 2.85. The average molecular weight is 333 g/mol. The van der Waals surface area contributed by atoms with Gasteiger partial charge in [-0.2, -0.15) is 0 Å². The van der Waals surface area contributed by atoms with Crippen LogP contribution in [-0.4, -0.2) is 31.7 Å². The normalized spacial score (nSPS) is 30.0. The number of fused-ring (bicyclic) bond motifs is 2. The van der Waals surface area contributed by atoms with Crippen molar-refractivity contribution in [3.05, 3.63) is 18.2 Å². The quantitative estimate of drug-likeness (QED) is 0.858. The molecule has 0 unspecified atom stereocenters. The van der Waals surface area contributed by atoms with E-state index >= 15 is 0 Å². The maximum Gasteiger partial charge on any atom is 0.313 e. The number of hydrogen-bond acceptors (Lipinski definition) is 5. The highest BCUT2D eigenvalue weighted by molar-refractivity contribution is 6.04. The Kier molecular flexibility index (Phi) is 3.55. The van der Waals surface area contributed by atoms with Gasteiger partial charge in [0, 0.05) is 11.5 Å². The van der Waals surface area contributed by atoms with Crippen LogP contribution in [-0.2, 0) is 14.3 Å². The molecule has 1 amide bonds. The van der Waals surface area contributed by atoms with Gasteiger partial charge in [-0.1, -0.05) is 13.8 Å². The summed E-state index contributed by atoms with van der Waals surface area (Å²) in [6.45, 7) is 5.73. The van der Waals surface area contributed by atoms with E-state index in [0.29, 0.717) is 30.0 Å². The van der Waals surface area contributed by atoms with Gasteiger partial charge in [0.25, 0.3) is 5.91 Å². The van der Waals surface area contributed by atoms with Gasteiger partial charge in [0.15, 0.2) is 5.60 Å². The molecule has 1 aromatic carbocycles. The Morgan fingerprint density at radius 3 is 2.38 bits per heavy atom. The van der Waals surface area contributed by atoms with Crippen molar-refractivity contribution in [1.82, 2.24) is 0 Å². The summed E-state index contributed by atoms with van der Waals surface area (Å²) >= 11 is 0. The SMILES string of the molecule is COc1ccc(OC)c(NC(=O)[C@@]23CC[C@@](C)(C(=O)O2)C3(C)C)c1. The zero-order valence-electron chi connectivity index (χ0n) is 14.7. The van der Waals surface area contributed by atoms with Crippen LogP contribution in [0.4, 0.5) is 5.69 Å². The van der Waals surface area contributed by atoms with Crippen molar-refractivity contribution in [1.29, 1.82) is 0 Å². The highest BCUT2D eigenvalue weighted by Gasteiger charge is 2.75. The monoisotopic (exact) mass is 333 g/mol. The Balaban J connectivity index is 1.95. The molecule has 130 valence electrons. The number of nitrogens with one attached hydrogen (secondary N) is 1. The summed E-state index contributed by atoms with van der Waals surface area (Å²) in [6, 6.07) is 5.15. The number of benzene rings is 1. The lowest BCUT2D eigenvalue weighted by atomic mass is 9.66. The topological polar surface area (TPSA) is 73.9 Å². The molecule has 0 spiro atoms. The highest BCUT2D eigenvalue weighted by atomic mass is 16.6. The fourth-order valence-electron chi connectivity index (χ4n) is 3.88. The predicted octanol–water partition coefficient (Wildman–Crippen LogP) is 2.76. The van der Waals surface area contributed by atoms with E-state index in [-0.39, 0.29) is 11.9 Å². The number of carbonyl (C=O) groups is 2. The highest BCUT2D eigenvalue weighted by Crippen LogP contribution is 2.65. The van der Waals surface area contributed by atoms with Crippen molar-refractivity contribution in [2.45, 2.75) is 39.2 Å². The van der Waals surface area contributed by atoms with E-state index in [2.05, 4.69) is 5.32 Å². The van der Waals surface area contributed by atoms with Gasteiger partial charge in [0.2, 0.25) is 0 Å². The molecule has 24 heavy (non-hydrogen) atoms. The molecule has 3 rings (SSSR count). The van der Waals surface area contributed by atoms with E-state index in [1.165, 1.54) is 7.11 Å². The predicted molar refractivity (Wildman–Crippen MR) is 88.1 cm³/mol. The minimum Gasteiger partial charge on any atom is -0.497 e. The summed E-state index contributed by atoms with van der Waals surface area (Å²) in [5.74, 6) is 0.492. The minimum absolute atomic E-state index is 0.300. The first kappa shape index (κ1) is 16.6. The Bertz CT molecular complexity index is 713. The Hall–Kier alpha value is -2.24. The van der Waals surface area contributed by atoms with Gasteiger partial charge in [-0.3, -0.25) is 9.59 Å². The van der Waals surface area contributed by atoms with Crippen molar-refractivity contribution < 1.29 is 23.8 Å². The first-order valence-corrected chi connectivity index (χ1v) is 7.99. The molecular formula is C18H23NO5. The fourth-order valence-corrected chi connectivity index (χ4v) is 3.88. The largest absolute Gasteiger partial charge is 0.497 e. The third-order valence-corrected chi connectivity index (χ3v) is 6.11.